The molecule has 1 atom stereocenters. The molecule has 9 nitrogen and oxygen atoms in total. The van der Waals surface area contributed by atoms with Gasteiger partial charge in [-0.2, -0.15) is 18.3 Å². The third-order valence-electron chi connectivity index (χ3n) is 5.96. The Morgan fingerprint density at radius 1 is 1.21 bits per heavy atom. The van der Waals surface area contributed by atoms with Crippen molar-refractivity contribution in [1.29, 1.82) is 0 Å². The molecule has 2 aliphatic heterocycles. The van der Waals surface area contributed by atoms with Gasteiger partial charge < -0.3 is 25.6 Å². The summed E-state index contributed by atoms with van der Waals surface area (Å²) >= 11 is 0. The first kappa shape index (κ1) is 22.4. The number of amides is 1. The molecule has 180 valence electrons. The van der Waals surface area contributed by atoms with Crippen molar-refractivity contribution in [2.75, 3.05) is 54.9 Å². The summed E-state index contributed by atoms with van der Waals surface area (Å²) in [5.74, 6) is -0.145. The molecule has 0 spiro atoms. The van der Waals surface area contributed by atoms with Gasteiger partial charge in [-0.3, -0.25) is 4.79 Å². The molecule has 0 radical (unpaired) electrons. The van der Waals surface area contributed by atoms with E-state index in [4.69, 9.17) is 4.74 Å². The second kappa shape index (κ2) is 9.11. The number of nitrogens with zero attached hydrogens (tertiary/aromatic N) is 4. The lowest BCUT2D eigenvalue weighted by Crippen LogP contribution is -2.36. The molecular weight excluding hydrogens is 451 g/mol. The van der Waals surface area contributed by atoms with E-state index in [0.717, 1.165) is 25.6 Å². The van der Waals surface area contributed by atoms with Crippen LogP contribution in [0.4, 0.5) is 30.4 Å². The zero-order chi connectivity index (χ0) is 23.7. The van der Waals surface area contributed by atoms with Gasteiger partial charge in [0, 0.05) is 37.6 Å². The van der Waals surface area contributed by atoms with Crippen molar-refractivity contribution >= 4 is 28.7 Å². The Balaban J connectivity index is 1.41. The SMILES string of the molecule is O=C(Nc1ccc(N2CCOCC2)cc1C(F)(F)F)c1cnn2ccc(N[C@@H]3CCNC3)nc12. The summed E-state index contributed by atoms with van der Waals surface area (Å²) in [6.07, 6.45) is -0.743. The van der Waals surface area contributed by atoms with Gasteiger partial charge in [0.25, 0.3) is 5.91 Å². The van der Waals surface area contributed by atoms with E-state index in [-0.39, 0.29) is 22.9 Å². The van der Waals surface area contributed by atoms with Gasteiger partial charge in [0.2, 0.25) is 0 Å². The number of nitrogens with one attached hydrogen (secondary N) is 3. The zero-order valence-electron chi connectivity index (χ0n) is 18.2. The first-order chi connectivity index (χ1) is 16.4. The minimum atomic E-state index is -4.64. The van der Waals surface area contributed by atoms with E-state index in [1.165, 1.54) is 16.8 Å². The fourth-order valence-electron chi connectivity index (χ4n) is 4.18. The highest BCUT2D eigenvalue weighted by Crippen LogP contribution is 2.37. The number of anilines is 3. The van der Waals surface area contributed by atoms with Crippen LogP contribution in [0.2, 0.25) is 0 Å². The molecule has 0 saturated carbocycles. The number of hydrogen-bond donors (Lipinski definition) is 3. The predicted molar refractivity (Wildman–Crippen MR) is 120 cm³/mol. The van der Waals surface area contributed by atoms with Crippen molar-refractivity contribution in [3.63, 3.8) is 0 Å². The molecule has 1 amide bonds. The van der Waals surface area contributed by atoms with Gasteiger partial charge in [0.1, 0.15) is 11.4 Å². The predicted octanol–water partition coefficient (Wildman–Crippen LogP) is 2.61. The molecule has 1 aromatic carbocycles. The smallest absolute Gasteiger partial charge is 0.378 e. The normalized spacial score (nSPS) is 18.9. The summed E-state index contributed by atoms with van der Waals surface area (Å²) in [6, 6.07) is 5.88. The molecule has 12 heteroatoms. The van der Waals surface area contributed by atoms with Crippen molar-refractivity contribution in [2.45, 2.75) is 18.6 Å². The third kappa shape index (κ3) is 4.64. The number of benzene rings is 1. The number of alkyl halides is 3. The van der Waals surface area contributed by atoms with Crippen LogP contribution >= 0.6 is 0 Å². The van der Waals surface area contributed by atoms with Crippen LogP contribution in [0, 0.1) is 0 Å². The Morgan fingerprint density at radius 2 is 2.03 bits per heavy atom. The van der Waals surface area contributed by atoms with Crippen LogP contribution in [-0.2, 0) is 10.9 Å². The fraction of sp³-hybridized carbons (Fsp3) is 0.409. The minimum Gasteiger partial charge on any atom is -0.378 e. The first-order valence-electron chi connectivity index (χ1n) is 11.1. The highest BCUT2D eigenvalue weighted by atomic mass is 19.4. The van der Waals surface area contributed by atoms with E-state index in [1.54, 1.807) is 18.3 Å². The van der Waals surface area contributed by atoms with Gasteiger partial charge in [-0.15, -0.1) is 0 Å². The molecule has 4 heterocycles. The minimum absolute atomic E-state index is 0.0820. The van der Waals surface area contributed by atoms with Crippen LogP contribution < -0.4 is 20.9 Å². The van der Waals surface area contributed by atoms with E-state index >= 15 is 0 Å². The molecule has 3 aromatic rings. The number of halogens is 3. The monoisotopic (exact) mass is 475 g/mol. The number of carbonyl (C=O) groups excluding carboxylic acids is 1. The molecule has 0 bridgehead atoms. The Morgan fingerprint density at radius 3 is 2.76 bits per heavy atom. The molecule has 3 N–H and O–H groups in total. The van der Waals surface area contributed by atoms with Gasteiger partial charge >= 0.3 is 6.18 Å². The van der Waals surface area contributed by atoms with Crippen LogP contribution in [0.3, 0.4) is 0 Å². The lowest BCUT2D eigenvalue weighted by atomic mass is 10.1. The Bertz CT molecular complexity index is 1180. The first-order valence-corrected chi connectivity index (χ1v) is 11.1. The summed E-state index contributed by atoms with van der Waals surface area (Å²) in [5.41, 5.74) is -0.459. The Hall–Kier alpha value is -3.38. The fourth-order valence-corrected chi connectivity index (χ4v) is 4.18. The molecule has 2 fully saturated rings. The van der Waals surface area contributed by atoms with Crippen molar-refractivity contribution in [3.8, 4) is 0 Å². The summed E-state index contributed by atoms with van der Waals surface area (Å²) in [5, 5.41) is 13.1. The highest BCUT2D eigenvalue weighted by Gasteiger charge is 2.35. The van der Waals surface area contributed by atoms with E-state index in [1.807, 2.05) is 4.90 Å². The van der Waals surface area contributed by atoms with Gasteiger partial charge in [0.05, 0.1) is 30.7 Å². The molecule has 0 unspecified atom stereocenters. The summed E-state index contributed by atoms with van der Waals surface area (Å²) in [6.45, 7) is 3.63. The quantitative estimate of drug-likeness (QED) is 0.522. The lowest BCUT2D eigenvalue weighted by Gasteiger charge is -2.29. The maximum absolute atomic E-state index is 13.9. The molecule has 34 heavy (non-hydrogen) atoms. The van der Waals surface area contributed by atoms with Gasteiger partial charge in [-0.25, -0.2) is 9.50 Å². The second-order valence-corrected chi connectivity index (χ2v) is 8.25. The van der Waals surface area contributed by atoms with Crippen LogP contribution in [0.15, 0.2) is 36.7 Å². The number of fused-ring (bicyclic) bond motifs is 1. The van der Waals surface area contributed by atoms with Crippen LogP contribution in [-0.4, -0.2) is 65.9 Å². The molecule has 0 aliphatic carbocycles. The molecule has 2 aliphatic rings. The number of morpholine rings is 1. The summed E-state index contributed by atoms with van der Waals surface area (Å²) in [4.78, 5) is 19.3. The van der Waals surface area contributed by atoms with Crippen LogP contribution in [0.1, 0.15) is 22.3 Å². The molecule has 2 saturated heterocycles. The Kier molecular flexibility index (Phi) is 6.00. The van der Waals surface area contributed by atoms with E-state index in [9.17, 15) is 18.0 Å². The van der Waals surface area contributed by atoms with Crippen molar-refractivity contribution < 1.29 is 22.7 Å². The molecular formula is C22H24F3N7O2. The topological polar surface area (TPSA) is 95.8 Å². The number of hydrogen-bond acceptors (Lipinski definition) is 7. The highest BCUT2D eigenvalue weighted by molar-refractivity contribution is 6.08. The lowest BCUT2D eigenvalue weighted by molar-refractivity contribution is -0.136. The largest absolute Gasteiger partial charge is 0.418 e. The maximum atomic E-state index is 13.9. The summed E-state index contributed by atoms with van der Waals surface area (Å²) < 4.78 is 48.2. The van der Waals surface area contributed by atoms with E-state index < -0.39 is 17.6 Å². The number of ether oxygens (including phenoxy) is 1. The maximum Gasteiger partial charge on any atom is 0.418 e. The zero-order valence-corrected chi connectivity index (χ0v) is 18.2. The van der Waals surface area contributed by atoms with Gasteiger partial charge in [-0.05, 0) is 37.2 Å². The number of aromatic nitrogens is 3. The van der Waals surface area contributed by atoms with Crippen molar-refractivity contribution in [1.82, 2.24) is 19.9 Å². The molecule has 5 rings (SSSR count). The van der Waals surface area contributed by atoms with Crippen molar-refractivity contribution in [3.05, 3.63) is 47.8 Å². The molecule has 2 aromatic heterocycles. The number of carbonyl (C=O) groups is 1. The average Bonchev–Trinajstić information content (AvgIpc) is 3.49. The van der Waals surface area contributed by atoms with Crippen molar-refractivity contribution in [2.24, 2.45) is 0 Å². The van der Waals surface area contributed by atoms with Gasteiger partial charge in [-0.1, -0.05) is 0 Å². The summed E-state index contributed by atoms with van der Waals surface area (Å²) in [7, 11) is 0. The standard InChI is InChI=1S/C22H24F3N7O2/c23-22(24,25)17-11-15(31-7-9-34-10-8-31)1-2-18(17)29-21(33)16-13-27-32-6-4-19(30-20(16)32)28-14-3-5-26-12-14/h1-2,4,6,11,13-14,26H,3,5,7-10,12H2,(H,28,30)(H,29,33)/t14-/m1/s1. The Labute approximate surface area is 193 Å². The van der Waals surface area contributed by atoms with Gasteiger partial charge in [0.15, 0.2) is 5.65 Å². The van der Waals surface area contributed by atoms with Crippen LogP contribution in [0.5, 0.6) is 0 Å². The third-order valence-corrected chi connectivity index (χ3v) is 5.96. The van der Waals surface area contributed by atoms with E-state index in [0.29, 0.717) is 37.8 Å². The van der Waals surface area contributed by atoms with E-state index in [2.05, 4.69) is 26.0 Å². The second-order valence-electron chi connectivity index (χ2n) is 8.25. The average molecular weight is 475 g/mol. The number of rotatable bonds is 5. The van der Waals surface area contributed by atoms with Crippen LogP contribution in [0.25, 0.3) is 5.65 Å².